The molecule has 1 amide bonds. The second kappa shape index (κ2) is 4.61. The van der Waals surface area contributed by atoms with Crippen molar-refractivity contribution in [2.45, 2.75) is 45.7 Å². The predicted octanol–water partition coefficient (Wildman–Crippen LogP) is 0.995. The largest absolute Gasteiger partial charge is 0.339 e. The van der Waals surface area contributed by atoms with E-state index in [1.54, 1.807) is 0 Å². The molecule has 3 heteroatoms. The average Bonchev–Trinajstić information content (AvgIpc) is 2.21. The van der Waals surface area contributed by atoms with Crippen molar-refractivity contribution in [3.63, 3.8) is 0 Å². The molecule has 0 bridgehead atoms. The summed E-state index contributed by atoms with van der Waals surface area (Å²) in [6.45, 7) is 8.04. The Hall–Kier alpha value is -0.570. The van der Waals surface area contributed by atoms with Crippen LogP contribution < -0.4 is 5.32 Å². The second-order valence-electron chi connectivity index (χ2n) is 3.85. The lowest BCUT2D eigenvalue weighted by Crippen LogP contribution is -2.44. The van der Waals surface area contributed by atoms with E-state index in [1.807, 2.05) is 11.8 Å². The molecular formula is C10H20N2O. The van der Waals surface area contributed by atoms with Crippen LogP contribution in [0.4, 0.5) is 0 Å². The van der Waals surface area contributed by atoms with E-state index in [4.69, 9.17) is 0 Å². The lowest BCUT2D eigenvalue weighted by atomic mass is 10.2. The molecule has 1 N–H and O–H groups in total. The first-order valence-electron chi connectivity index (χ1n) is 5.20. The molecule has 1 saturated heterocycles. The molecule has 0 saturated carbocycles. The fourth-order valence-electron chi connectivity index (χ4n) is 1.79. The summed E-state index contributed by atoms with van der Waals surface area (Å²) in [5.41, 5.74) is 0. The van der Waals surface area contributed by atoms with Gasteiger partial charge in [0.05, 0.1) is 6.04 Å². The third kappa shape index (κ3) is 2.44. The van der Waals surface area contributed by atoms with Crippen LogP contribution in [0.25, 0.3) is 0 Å². The van der Waals surface area contributed by atoms with Crippen LogP contribution in [-0.2, 0) is 4.79 Å². The van der Waals surface area contributed by atoms with Crippen LogP contribution in [0, 0.1) is 0 Å². The Bertz CT molecular complexity index is 182. The number of nitrogens with zero attached hydrogens (tertiary/aromatic N) is 1. The summed E-state index contributed by atoms with van der Waals surface area (Å²) in [4.78, 5) is 13.8. The molecule has 2 atom stereocenters. The maximum atomic E-state index is 11.8. The van der Waals surface area contributed by atoms with Crippen LogP contribution >= 0.6 is 0 Å². The fraction of sp³-hybridized carbons (Fsp3) is 0.900. The zero-order chi connectivity index (χ0) is 9.84. The summed E-state index contributed by atoms with van der Waals surface area (Å²) < 4.78 is 0. The van der Waals surface area contributed by atoms with Gasteiger partial charge in [0.2, 0.25) is 5.91 Å². The maximum Gasteiger partial charge on any atom is 0.239 e. The monoisotopic (exact) mass is 184 g/mol. The van der Waals surface area contributed by atoms with Gasteiger partial charge in [-0.2, -0.15) is 0 Å². The normalized spacial score (nSPS) is 30.4. The maximum absolute atomic E-state index is 11.8. The zero-order valence-corrected chi connectivity index (χ0v) is 8.84. The summed E-state index contributed by atoms with van der Waals surface area (Å²) in [7, 11) is 0. The summed E-state index contributed by atoms with van der Waals surface area (Å²) >= 11 is 0. The van der Waals surface area contributed by atoms with Gasteiger partial charge in [-0.15, -0.1) is 0 Å². The first-order valence-corrected chi connectivity index (χ1v) is 5.20. The standard InChI is InChI=1S/C10H20N2O/c1-4-7-12-8(2)5-6-11-9(3)10(12)13/h8-9,11H,4-7H2,1-3H3. The Morgan fingerprint density at radius 2 is 2.23 bits per heavy atom. The molecule has 76 valence electrons. The highest BCUT2D eigenvalue weighted by atomic mass is 16.2. The van der Waals surface area contributed by atoms with Crippen molar-refractivity contribution in [3.05, 3.63) is 0 Å². The first-order chi connectivity index (χ1) is 6.16. The van der Waals surface area contributed by atoms with Gasteiger partial charge in [-0.25, -0.2) is 0 Å². The van der Waals surface area contributed by atoms with Crippen LogP contribution in [0.1, 0.15) is 33.6 Å². The Kier molecular flexibility index (Phi) is 3.72. The molecule has 1 heterocycles. The van der Waals surface area contributed by atoms with Gasteiger partial charge in [-0.3, -0.25) is 4.79 Å². The summed E-state index contributed by atoms with van der Waals surface area (Å²) in [5, 5.41) is 3.22. The number of nitrogens with one attached hydrogen (secondary N) is 1. The minimum absolute atomic E-state index is 0.00324. The van der Waals surface area contributed by atoms with Gasteiger partial charge in [-0.05, 0) is 33.2 Å². The quantitative estimate of drug-likeness (QED) is 0.694. The number of hydrogen-bond acceptors (Lipinski definition) is 2. The number of hydrogen-bond donors (Lipinski definition) is 1. The molecule has 0 aliphatic carbocycles. The van der Waals surface area contributed by atoms with Crippen molar-refractivity contribution in [2.24, 2.45) is 0 Å². The summed E-state index contributed by atoms with van der Waals surface area (Å²) in [6, 6.07) is 0.390. The minimum Gasteiger partial charge on any atom is -0.339 e. The molecule has 0 aromatic carbocycles. The number of carbonyl (C=O) groups is 1. The third-order valence-electron chi connectivity index (χ3n) is 2.66. The highest BCUT2D eigenvalue weighted by Crippen LogP contribution is 2.10. The Morgan fingerprint density at radius 3 is 2.85 bits per heavy atom. The number of amides is 1. The van der Waals surface area contributed by atoms with Gasteiger partial charge in [0, 0.05) is 12.6 Å². The smallest absolute Gasteiger partial charge is 0.239 e. The molecule has 1 rings (SSSR count). The lowest BCUT2D eigenvalue weighted by Gasteiger charge is -2.27. The van der Waals surface area contributed by atoms with E-state index < -0.39 is 0 Å². The summed E-state index contributed by atoms with van der Waals surface area (Å²) in [6.07, 6.45) is 2.11. The van der Waals surface area contributed by atoms with Crippen LogP contribution in [-0.4, -0.2) is 36.0 Å². The average molecular weight is 184 g/mol. The number of rotatable bonds is 2. The molecule has 0 aromatic rings. The number of carbonyl (C=O) groups excluding carboxylic acids is 1. The van der Waals surface area contributed by atoms with Gasteiger partial charge in [0.1, 0.15) is 0 Å². The first kappa shape index (κ1) is 10.5. The molecule has 13 heavy (non-hydrogen) atoms. The molecule has 1 aliphatic rings. The fourth-order valence-corrected chi connectivity index (χ4v) is 1.79. The zero-order valence-electron chi connectivity index (χ0n) is 8.84. The highest BCUT2D eigenvalue weighted by molar-refractivity contribution is 5.82. The van der Waals surface area contributed by atoms with Gasteiger partial charge < -0.3 is 10.2 Å². The van der Waals surface area contributed by atoms with Crippen LogP contribution in [0.3, 0.4) is 0 Å². The molecule has 0 aromatic heterocycles. The van der Waals surface area contributed by atoms with Crippen LogP contribution in [0.2, 0.25) is 0 Å². The van der Waals surface area contributed by atoms with Crippen molar-refractivity contribution < 1.29 is 4.79 Å². The van der Waals surface area contributed by atoms with E-state index in [0.717, 1.165) is 25.9 Å². The van der Waals surface area contributed by atoms with Gasteiger partial charge in [0.15, 0.2) is 0 Å². The highest BCUT2D eigenvalue weighted by Gasteiger charge is 2.26. The molecule has 0 radical (unpaired) electrons. The predicted molar refractivity (Wildman–Crippen MR) is 53.5 cm³/mol. The van der Waals surface area contributed by atoms with Gasteiger partial charge in [0.25, 0.3) is 0 Å². The molecule has 1 fully saturated rings. The van der Waals surface area contributed by atoms with E-state index in [1.165, 1.54) is 0 Å². The van der Waals surface area contributed by atoms with Crippen molar-refractivity contribution in [1.82, 2.24) is 10.2 Å². The van der Waals surface area contributed by atoms with E-state index in [0.29, 0.717) is 6.04 Å². The Labute approximate surface area is 80.5 Å². The molecule has 0 spiro atoms. The van der Waals surface area contributed by atoms with E-state index in [-0.39, 0.29) is 11.9 Å². The van der Waals surface area contributed by atoms with Crippen molar-refractivity contribution >= 4 is 5.91 Å². The van der Waals surface area contributed by atoms with Crippen molar-refractivity contribution in [2.75, 3.05) is 13.1 Å². The molecular weight excluding hydrogens is 164 g/mol. The minimum atomic E-state index is -0.00324. The van der Waals surface area contributed by atoms with Crippen molar-refractivity contribution in [3.8, 4) is 0 Å². The third-order valence-corrected chi connectivity index (χ3v) is 2.66. The summed E-state index contributed by atoms with van der Waals surface area (Å²) in [5.74, 6) is 0.256. The van der Waals surface area contributed by atoms with Crippen LogP contribution in [0.15, 0.2) is 0 Å². The Morgan fingerprint density at radius 1 is 1.54 bits per heavy atom. The molecule has 3 nitrogen and oxygen atoms in total. The Balaban J connectivity index is 2.66. The van der Waals surface area contributed by atoms with Crippen molar-refractivity contribution in [1.29, 1.82) is 0 Å². The van der Waals surface area contributed by atoms with Gasteiger partial charge in [-0.1, -0.05) is 6.92 Å². The lowest BCUT2D eigenvalue weighted by molar-refractivity contribution is -0.134. The second-order valence-corrected chi connectivity index (χ2v) is 3.85. The molecule has 1 aliphatic heterocycles. The van der Waals surface area contributed by atoms with Gasteiger partial charge >= 0.3 is 0 Å². The van der Waals surface area contributed by atoms with Crippen LogP contribution in [0.5, 0.6) is 0 Å². The molecule has 2 unspecified atom stereocenters. The SMILES string of the molecule is CCCN1C(=O)C(C)NCCC1C. The van der Waals surface area contributed by atoms with E-state index >= 15 is 0 Å². The topological polar surface area (TPSA) is 32.3 Å². The van der Waals surface area contributed by atoms with E-state index in [9.17, 15) is 4.79 Å². The van der Waals surface area contributed by atoms with E-state index in [2.05, 4.69) is 19.2 Å².